The number of amides is 1. The smallest absolute Gasteiger partial charge is 0.340 e. The molecule has 2 aromatic carbocycles. The van der Waals surface area contributed by atoms with Crippen LogP contribution in [0.15, 0.2) is 64.7 Å². The first kappa shape index (κ1) is 27.5. The van der Waals surface area contributed by atoms with Gasteiger partial charge in [-0.1, -0.05) is 45.9 Å². The Kier molecular flexibility index (Phi) is 10.6. The Morgan fingerprint density at radius 2 is 2.03 bits per heavy atom. The van der Waals surface area contributed by atoms with Crippen molar-refractivity contribution in [1.29, 1.82) is 0 Å². The second-order valence-corrected chi connectivity index (χ2v) is 9.62. The SMILES string of the molecule is C=CCn1c(CCCOc2ccc(Br)cc2C)nnc1SCC(=O)Nc1ccccc1C(=O)OCC. The van der Waals surface area contributed by atoms with E-state index in [1.165, 1.54) is 11.8 Å². The van der Waals surface area contributed by atoms with Gasteiger partial charge in [0.05, 0.1) is 30.2 Å². The van der Waals surface area contributed by atoms with Gasteiger partial charge in [0, 0.05) is 17.4 Å². The van der Waals surface area contributed by atoms with Gasteiger partial charge in [-0.15, -0.1) is 16.8 Å². The Balaban J connectivity index is 1.56. The highest BCUT2D eigenvalue weighted by molar-refractivity contribution is 9.10. The fraction of sp³-hybridized carbons (Fsp3) is 0.308. The number of thioether (sulfide) groups is 1. The van der Waals surface area contributed by atoms with Crippen molar-refractivity contribution in [2.24, 2.45) is 0 Å². The molecule has 0 aliphatic carbocycles. The van der Waals surface area contributed by atoms with E-state index >= 15 is 0 Å². The first-order valence-electron chi connectivity index (χ1n) is 11.5. The molecular weight excluding hydrogens is 544 g/mol. The summed E-state index contributed by atoms with van der Waals surface area (Å²) in [6, 6.07) is 12.7. The molecule has 0 saturated heterocycles. The zero-order chi connectivity index (χ0) is 25.9. The number of carbonyl (C=O) groups is 2. The van der Waals surface area contributed by atoms with Crippen molar-refractivity contribution in [2.45, 2.75) is 38.4 Å². The minimum atomic E-state index is -0.476. The van der Waals surface area contributed by atoms with Gasteiger partial charge in [0.2, 0.25) is 5.91 Å². The number of anilines is 1. The Bertz CT molecular complexity index is 1210. The third-order valence-corrected chi connectivity index (χ3v) is 6.53. The van der Waals surface area contributed by atoms with E-state index in [9.17, 15) is 9.59 Å². The van der Waals surface area contributed by atoms with Gasteiger partial charge in [0.25, 0.3) is 0 Å². The Hall–Kier alpha value is -3.11. The van der Waals surface area contributed by atoms with Crippen molar-refractivity contribution in [3.63, 3.8) is 0 Å². The van der Waals surface area contributed by atoms with Crippen molar-refractivity contribution in [3.05, 3.63) is 76.5 Å². The lowest BCUT2D eigenvalue weighted by molar-refractivity contribution is -0.113. The normalized spacial score (nSPS) is 10.6. The molecule has 3 rings (SSSR count). The van der Waals surface area contributed by atoms with Crippen LogP contribution in [0.4, 0.5) is 5.69 Å². The monoisotopic (exact) mass is 572 g/mol. The number of para-hydroxylation sites is 1. The lowest BCUT2D eigenvalue weighted by atomic mass is 10.2. The molecule has 10 heteroatoms. The van der Waals surface area contributed by atoms with Gasteiger partial charge in [-0.05, 0) is 56.2 Å². The number of hydrogen-bond donors (Lipinski definition) is 1. The number of aromatic nitrogens is 3. The summed E-state index contributed by atoms with van der Waals surface area (Å²) in [4.78, 5) is 24.8. The fourth-order valence-corrected chi connectivity index (χ4v) is 4.65. The molecule has 8 nitrogen and oxygen atoms in total. The lowest BCUT2D eigenvalue weighted by Gasteiger charge is -2.11. The second kappa shape index (κ2) is 13.8. The van der Waals surface area contributed by atoms with Crippen molar-refractivity contribution in [3.8, 4) is 5.75 Å². The van der Waals surface area contributed by atoms with Crippen LogP contribution >= 0.6 is 27.7 Å². The maximum atomic E-state index is 12.6. The van der Waals surface area contributed by atoms with Gasteiger partial charge >= 0.3 is 5.97 Å². The topological polar surface area (TPSA) is 95.3 Å². The van der Waals surface area contributed by atoms with Gasteiger partial charge in [-0.25, -0.2) is 4.79 Å². The van der Waals surface area contributed by atoms with Crippen LogP contribution in [0.3, 0.4) is 0 Å². The molecule has 0 radical (unpaired) electrons. The second-order valence-electron chi connectivity index (χ2n) is 7.76. The molecule has 0 unspecified atom stereocenters. The third kappa shape index (κ3) is 7.69. The van der Waals surface area contributed by atoms with Gasteiger partial charge < -0.3 is 19.4 Å². The molecule has 1 aromatic heterocycles. The Morgan fingerprint density at radius 1 is 1.22 bits per heavy atom. The van der Waals surface area contributed by atoms with Crippen LogP contribution in [0.5, 0.6) is 5.75 Å². The minimum absolute atomic E-state index is 0.110. The lowest BCUT2D eigenvalue weighted by Crippen LogP contribution is -2.18. The van der Waals surface area contributed by atoms with Crippen molar-refractivity contribution < 1.29 is 19.1 Å². The zero-order valence-electron chi connectivity index (χ0n) is 20.3. The molecule has 1 heterocycles. The van der Waals surface area contributed by atoms with E-state index in [2.05, 4.69) is 38.0 Å². The van der Waals surface area contributed by atoms with E-state index in [0.29, 0.717) is 36.0 Å². The summed E-state index contributed by atoms with van der Waals surface area (Å²) < 4.78 is 13.9. The van der Waals surface area contributed by atoms with Crippen LogP contribution < -0.4 is 10.1 Å². The van der Waals surface area contributed by atoms with Crippen LogP contribution in [-0.4, -0.2) is 45.6 Å². The number of rotatable bonds is 13. The Morgan fingerprint density at radius 3 is 2.78 bits per heavy atom. The third-order valence-electron chi connectivity index (χ3n) is 5.07. The van der Waals surface area contributed by atoms with Crippen molar-refractivity contribution >= 4 is 45.3 Å². The Labute approximate surface area is 223 Å². The number of carbonyl (C=O) groups excluding carboxylic acids is 2. The molecule has 0 saturated carbocycles. The standard InChI is InChI=1S/C26H29BrN4O4S/c1-4-14-31-23(11-8-15-35-22-13-12-19(27)16-18(22)3)29-30-26(31)36-17-24(32)28-21-10-7-6-9-20(21)25(33)34-5-2/h4,6-7,9-10,12-13,16H,1,5,8,11,14-15,17H2,2-3H3,(H,28,32). The molecule has 3 aromatic rings. The van der Waals surface area contributed by atoms with Crippen LogP contribution in [0, 0.1) is 6.92 Å². The predicted molar refractivity (Wildman–Crippen MR) is 145 cm³/mol. The number of hydrogen-bond acceptors (Lipinski definition) is 7. The minimum Gasteiger partial charge on any atom is -0.493 e. The number of halogens is 1. The number of nitrogens with one attached hydrogen (secondary N) is 1. The molecule has 0 fully saturated rings. The zero-order valence-corrected chi connectivity index (χ0v) is 22.7. The fourth-order valence-electron chi connectivity index (χ4n) is 3.41. The molecule has 0 aliphatic rings. The summed E-state index contributed by atoms with van der Waals surface area (Å²) >= 11 is 4.74. The van der Waals surface area contributed by atoms with Crippen LogP contribution in [0.1, 0.15) is 35.1 Å². The molecule has 0 spiro atoms. The van der Waals surface area contributed by atoms with Crippen molar-refractivity contribution in [2.75, 3.05) is 24.3 Å². The number of aryl methyl sites for hydroxylation is 2. The van der Waals surface area contributed by atoms with E-state index in [1.807, 2.05) is 29.7 Å². The summed E-state index contributed by atoms with van der Waals surface area (Å²) in [5, 5.41) is 12.0. The molecule has 190 valence electrons. The molecule has 0 atom stereocenters. The van der Waals surface area contributed by atoms with Gasteiger partial charge in [0.1, 0.15) is 11.6 Å². The number of allylic oxidation sites excluding steroid dienone is 1. The van der Waals surface area contributed by atoms with E-state index < -0.39 is 5.97 Å². The average molecular weight is 574 g/mol. The average Bonchev–Trinajstić information content (AvgIpc) is 3.23. The van der Waals surface area contributed by atoms with E-state index in [4.69, 9.17) is 9.47 Å². The van der Waals surface area contributed by atoms with Crippen LogP contribution in [-0.2, 0) is 22.5 Å². The highest BCUT2D eigenvalue weighted by Crippen LogP contribution is 2.23. The quantitative estimate of drug-likeness (QED) is 0.126. The largest absolute Gasteiger partial charge is 0.493 e. The molecular formula is C26H29BrN4O4S. The number of esters is 1. The molecule has 36 heavy (non-hydrogen) atoms. The number of nitrogens with zero attached hydrogens (tertiary/aromatic N) is 3. The maximum Gasteiger partial charge on any atom is 0.340 e. The maximum absolute atomic E-state index is 12.6. The highest BCUT2D eigenvalue weighted by Gasteiger charge is 2.16. The molecule has 0 aliphatic heterocycles. The van der Waals surface area contributed by atoms with Gasteiger partial charge in [-0.2, -0.15) is 0 Å². The molecule has 1 amide bonds. The van der Waals surface area contributed by atoms with Crippen LogP contribution in [0.2, 0.25) is 0 Å². The van der Waals surface area contributed by atoms with E-state index in [1.54, 1.807) is 37.3 Å². The van der Waals surface area contributed by atoms with Crippen molar-refractivity contribution in [1.82, 2.24) is 14.8 Å². The number of benzene rings is 2. The summed E-state index contributed by atoms with van der Waals surface area (Å²) in [7, 11) is 0. The summed E-state index contributed by atoms with van der Waals surface area (Å²) in [6.45, 7) is 8.91. The van der Waals surface area contributed by atoms with Gasteiger partial charge in [-0.3, -0.25) is 4.79 Å². The molecule has 0 bridgehead atoms. The first-order chi connectivity index (χ1) is 17.4. The summed E-state index contributed by atoms with van der Waals surface area (Å²) in [6.07, 6.45) is 3.21. The van der Waals surface area contributed by atoms with Gasteiger partial charge in [0.15, 0.2) is 5.16 Å². The first-order valence-corrected chi connectivity index (χ1v) is 13.3. The van der Waals surface area contributed by atoms with E-state index in [-0.39, 0.29) is 18.3 Å². The number of ether oxygens (including phenoxy) is 2. The molecule has 1 N–H and O–H groups in total. The van der Waals surface area contributed by atoms with Crippen LogP contribution in [0.25, 0.3) is 0 Å². The summed E-state index contributed by atoms with van der Waals surface area (Å²) in [5.41, 5.74) is 1.80. The van der Waals surface area contributed by atoms with E-state index in [0.717, 1.165) is 28.0 Å². The highest BCUT2D eigenvalue weighted by atomic mass is 79.9. The summed E-state index contributed by atoms with van der Waals surface area (Å²) in [5.74, 6) is 1.04. The predicted octanol–water partition coefficient (Wildman–Crippen LogP) is 5.45.